The molecule has 4 heteroatoms. The third kappa shape index (κ3) is 1.73. The zero-order valence-electron chi connectivity index (χ0n) is 9.22. The Hall–Kier alpha value is -2.36. The van der Waals surface area contributed by atoms with Gasteiger partial charge in [-0.2, -0.15) is 15.4 Å². The summed E-state index contributed by atoms with van der Waals surface area (Å²) in [7, 11) is 0. The topological polar surface area (TPSA) is 67.6 Å². The Morgan fingerprint density at radius 3 is 2.65 bits per heavy atom. The second-order valence-corrected chi connectivity index (χ2v) is 3.99. The molecule has 0 fully saturated rings. The standard InChI is InChI=1S/C13H12N4/c14-11-6-7-12-13(16-17-15-12)10(11)8-9-4-2-1-3-5-9/h1-7H,8,14H2,(H,15,16,17). The SMILES string of the molecule is Nc1ccc2n[nH]nc2c1Cc1ccccc1. The van der Waals surface area contributed by atoms with Crippen molar-refractivity contribution >= 4 is 16.7 Å². The van der Waals surface area contributed by atoms with E-state index in [1.807, 2.05) is 30.3 Å². The van der Waals surface area contributed by atoms with E-state index in [2.05, 4.69) is 27.5 Å². The predicted molar refractivity (Wildman–Crippen MR) is 67.5 cm³/mol. The van der Waals surface area contributed by atoms with Gasteiger partial charge in [-0.25, -0.2) is 0 Å². The van der Waals surface area contributed by atoms with Gasteiger partial charge in [-0.15, -0.1) is 0 Å². The van der Waals surface area contributed by atoms with Crippen LogP contribution in [0, 0.1) is 0 Å². The van der Waals surface area contributed by atoms with Crippen molar-refractivity contribution < 1.29 is 0 Å². The molecule has 0 saturated carbocycles. The lowest BCUT2D eigenvalue weighted by Crippen LogP contribution is -1.97. The van der Waals surface area contributed by atoms with Crippen LogP contribution in [0.2, 0.25) is 0 Å². The molecule has 2 aromatic carbocycles. The summed E-state index contributed by atoms with van der Waals surface area (Å²) >= 11 is 0. The molecule has 3 aromatic rings. The van der Waals surface area contributed by atoms with Gasteiger partial charge in [0, 0.05) is 17.7 Å². The fourth-order valence-corrected chi connectivity index (χ4v) is 1.97. The van der Waals surface area contributed by atoms with Gasteiger partial charge in [0.2, 0.25) is 0 Å². The van der Waals surface area contributed by atoms with Crippen LogP contribution >= 0.6 is 0 Å². The normalized spacial score (nSPS) is 10.8. The number of aromatic nitrogens is 3. The van der Waals surface area contributed by atoms with Crippen LogP contribution in [0.25, 0.3) is 11.0 Å². The maximum absolute atomic E-state index is 6.01. The molecule has 17 heavy (non-hydrogen) atoms. The van der Waals surface area contributed by atoms with Gasteiger partial charge in [-0.1, -0.05) is 30.3 Å². The van der Waals surface area contributed by atoms with Gasteiger partial charge in [0.1, 0.15) is 11.0 Å². The number of nitrogens with two attached hydrogens (primary N) is 1. The van der Waals surface area contributed by atoms with E-state index in [9.17, 15) is 0 Å². The van der Waals surface area contributed by atoms with Crippen molar-refractivity contribution in [2.24, 2.45) is 0 Å². The Balaban J connectivity index is 2.10. The molecule has 0 saturated heterocycles. The summed E-state index contributed by atoms with van der Waals surface area (Å²) in [5.74, 6) is 0. The van der Waals surface area contributed by atoms with E-state index in [0.717, 1.165) is 28.7 Å². The van der Waals surface area contributed by atoms with Gasteiger partial charge < -0.3 is 5.73 Å². The molecule has 0 unspecified atom stereocenters. The monoisotopic (exact) mass is 224 g/mol. The summed E-state index contributed by atoms with van der Waals surface area (Å²) in [5.41, 5.74) is 10.7. The van der Waals surface area contributed by atoms with E-state index in [1.165, 1.54) is 5.56 Å². The van der Waals surface area contributed by atoms with Crippen LogP contribution in [0.1, 0.15) is 11.1 Å². The lowest BCUT2D eigenvalue weighted by Gasteiger charge is -2.05. The van der Waals surface area contributed by atoms with Crippen LogP contribution in [-0.4, -0.2) is 15.4 Å². The average Bonchev–Trinajstić information content (AvgIpc) is 2.83. The zero-order valence-corrected chi connectivity index (χ0v) is 9.22. The number of aromatic amines is 1. The molecule has 1 aromatic heterocycles. The van der Waals surface area contributed by atoms with Crippen LogP contribution in [-0.2, 0) is 6.42 Å². The van der Waals surface area contributed by atoms with Crippen LogP contribution in [0.15, 0.2) is 42.5 Å². The lowest BCUT2D eigenvalue weighted by molar-refractivity contribution is 0.957. The largest absolute Gasteiger partial charge is 0.398 e. The van der Waals surface area contributed by atoms with Crippen molar-refractivity contribution in [1.29, 1.82) is 0 Å². The predicted octanol–water partition coefficient (Wildman–Crippen LogP) is 2.13. The molecular weight excluding hydrogens is 212 g/mol. The van der Waals surface area contributed by atoms with Gasteiger partial charge in [-0.05, 0) is 17.7 Å². The van der Waals surface area contributed by atoms with E-state index in [-0.39, 0.29) is 0 Å². The van der Waals surface area contributed by atoms with Crippen LogP contribution < -0.4 is 5.73 Å². The first-order chi connectivity index (χ1) is 8.34. The van der Waals surface area contributed by atoms with E-state index in [4.69, 9.17) is 5.73 Å². The number of rotatable bonds is 2. The van der Waals surface area contributed by atoms with Crippen molar-refractivity contribution in [3.05, 3.63) is 53.6 Å². The molecule has 4 nitrogen and oxygen atoms in total. The number of benzene rings is 2. The molecule has 1 heterocycles. The van der Waals surface area contributed by atoms with Crippen molar-refractivity contribution in [2.45, 2.75) is 6.42 Å². The molecule has 0 atom stereocenters. The maximum atomic E-state index is 6.01. The highest BCUT2D eigenvalue weighted by Gasteiger charge is 2.09. The van der Waals surface area contributed by atoms with Gasteiger partial charge in [0.15, 0.2) is 0 Å². The Labute approximate surface area is 98.5 Å². The molecule has 3 rings (SSSR count). The lowest BCUT2D eigenvalue weighted by atomic mass is 10.0. The molecule has 3 N–H and O–H groups in total. The number of H-pyrrole nitrogens is 1. The van der Waals surface area contributed by atoms with Crippen molar-refractivity contribution in [3.8, 4) is 0 Å². The van der Waals surface area contributed by atoms with Crippen LogP contribution in [0.4, 0.5) is 5.69 Å². The van der Waals surface area contributed by atoms with Gasteiger partial charge >= 0.3 is 0 Å². The Bertz CT molecular complexity index is 643. The molecule has 0 radical (unpaired) electrons. The van der Waals surface area contributed by atoms with Crippen molar-refractivity contribution in [1.82, 2.24) is 15.4 Å². The fourth-order valence-electron chi connectivity index (χ4n) is 1.97. The second kappa shape index (κ2) is 3.90. The van der Waals surface area contributed by atoms with Crippen LogP contribution in [0.5, 0.6) is 0 Å². The van der Waals surface area contributed by atoms with Gasteiger partial charge in [0.25, 0.3) is 0 Å². The summed E-state index contributed by atoms with van der Waals surface area (Å²) in [6.07, 6.45) is 0.774. The third-order valence-electron chi connectivity index (χ3n) is 2.85. The number of hydrogen-bond donors (Lipinski definition) is 2. The molecule has 0 spiro atoms. The number of fused-ring (bicyclic) bond motifs is 1. The van der Waals surface area contributed by atoms with E-state index in [0.29, 0.717) is 0 Å². The molecule has 0 aliphatic rings. The second-order valence-electron chi connectivity index (χ2n) is 3.99. The van der Waals surface area contributed by atoms with E-state index < -0.39 is 0 Å². The molecule has 84 valence electrons. The molecule has 0 aliphatic carbocycles. The molecular formula is C13H12N4. The Kier molecular flexibility index (Phi) is 2.26. The number of nitrogens with zero attached hydrogens (tertiary/aromatic N) is 2. The molecule has 0 bridgehead atoms. The summed E-state index contributed by atoms with van der Waals surface area (Å²) < 4.78 is 0. The fraction of sp³-hybridized carbons (Fsp3) is 0.0769. The highest BCUT2D eigenvalue weighted by atomic mass is 15.3. The van der Waals surface area contributed by atoms with Gasteiger partial charge in [0.05, 0.1) is 0 Å². The Morgan fingerprint density at radius 1 is 1.00 bits per heavy atom. The number of nitrogen functional groups attached to an aromatic ring is 1. The van der Waals surface area contributed by atoms with Crippen LogP contribution in [0.3, 0.4) is 0 Å². The van der Waals surface area contributed by atoms with Crippen molar-refractivity contribution in [3.63, 3.8) is 0 Å². The zero-order chi connectivity index (χ0) is 11.7. The number of nitrogens with one attached hydrogen (secondary N) is 1. The van der Waals surface area contributed by atoms with Gasteiger partial charge in [-0.3, -0.25) is 0 Å². The molecule has 0 aliphatic heterocycles. The first-order valence-electron chi connectivity index (χ1n) is 5.46. The number of hydrogen-bond acceptors (Lipinski definition) is 3. The van der Waals surface area contributed by atoms with E-state index in [1.54, 1.807) is 0 Å². The highest BCUT2D eigenvalue weighted by Crippen LogP contribution is 2.23. The quantitative estimate of drug-likeness (QED) is 0.655. The Morgan fingerprint density at radius 2 is 1.82 bits per heavy atom. The summed E-state index contributed by atoms with van der Waals surface area (Å²) in [6.45, 7) is 0. The smallest absolute Gasteiger partial charge is 0.118 e. The minimum Gasteiger partial charge on any atom is -0.398 e. The first-order valence-corrected chi connectivity index (χ1v) is 5.46. The van der Waals surface area contributed by atoms with E-state index >= 15 is 0 Å². The summed E-state index contributed by atoms with van der Waals surface area (Å²) in [6, 6.07) is 14.0. The average molecular weight is 224 g/mol. The minimum absolute atomic E-state index is 0.759. The number of anilines is 1. The summed E-state index contributed by atoms with van der Waals surface area (Å²) in [5, 5.41) is 10.9. The minimum atomic E-state index is 0.759. The maximum Gasteiger partial charge on any atom is 0.118 e. The molecule has 0 amide bonds. The van der Waals surface area contributed by atoms with Crippen molar-refractivity contribution in [2.75, 3.05) is 5.73 Å². The third-order valence-corrected chi connectivity index (χ3v) is 2.85. The highest BCUT2D eigenvalue weighted by molar-refractivity contribution is 5.83. The first kappa shape index (κ1) is 9.84. The summed E-state index contributed by atoms with van der Waals surface area (Å²) in [4.78, 5) is 0.